The van der Waals surface area contributed by atoms with Crippen molar-refractivity contribution in [2.75, 3.05) is 20.6 Å². The average Bonchev–Trinajstić information content (AvgIpc) is 2.04. The summed E-state index contributed by atoms with van der Waals surface area (Å²) in [5, 5.41) is 0. The smallest absolute Gasteiger partial charge is 0.000610 e. The molecule has 0 N–H and O–H groups in total. The third kappa shape index (κ3) is 4.12. The lowest BCUT2D eigenvalue weighted by atomic mass is 9.82. The molecular formula is C12H25N. The number of rotatable bonds is 2. The van der Waals surface area contributed by atoms with Crippen molar-refractivity contribution < 1.29 is 0 Å². The van der Waals surface area contributed by atoms with Crippen molar-refractivity contribution in [1.29, 1.82) is 0 Å². The van der Waals surface area contributed by atoms with Crippen LogP contribution in [0.15, 0.2) is 0 Å². The van der Waals surface area contributed by atoms with Crippen molar-refractivity contribution in [2.24, 2.45) is 11.8 Å². The molecular weight excluding hydrogens is 158 g/mol. The standard InChI is InChI=1S/C12H25N/c1-11-8-6-4-5-7-9-12(11)10-13(2)3/h11-12H,4-10H2,1-3H3. The van der Waals surface area contributed by atoms with Gasteiger partial charge in [-0.1, -0.05) is 39.0 Å². The van der Waals surface area contributed by atoms with Gasteiger partial charge in [-0.2, -0.15) is 0 Å². The molecule has 0 bridgehead atoms. The van der Waals surface area contributed by atoms with E-state index < -0.39 is 0 Å². The zero-order valence-corrected chi connectivity index (χ0v) is 9.55. The SMILES string of the molecule is CC1CCCCCCC1CN(C)C. The highest BCUT2D eigenvalue weighted by atomic mass is 15.1. The first-order valence-electron chi connectivity index (χ1n) is 5.85. The molecule has 0 aromatic heterocycles. The molecule has 0 aromatic rings. The fourth-order valence-electron chi connectivity index (χ4n) is 2.49. The molecule has 2 atom stereocenters. The van der Waals surface area contributed by atoms with Crippen LogP contribution in [0.2, 0.25) is 0 Å². The Labute approximate surface area is 83.5 Å². The Hall–Kier alpha value is -0.0400. The molecule has 0 saturated heterocycles. The van der Waals surface area contributed by atoms with Crippen molar-refractivity contribution in [3.8, 4) is 0 Å². The van der Waals surface area contributed by atoms with E-state index in [2.05, 4.69) is 25.9 Å². The van der Waals surface area contributed by atoms with Crippen LogP contribution in [-0.2, 0) is 0 Å². The molecule has 0 aliphatic heterocycles. The van der Waals surface area contributed by atoms with E-state index in [9.17, 15) is 0 Å². The molecule has 2 unspecified atom stereocenters. The van der Waals surface area contributed by atoms with Gasteiger partial charge in [0.15, 0.2) is 0 Å². The van der Waals surface area contributed by atoms with E-state index in [1.165, 1.54) is 45.1 Å². The monoisotopic (exact) mass is 183 g/mol. The summed E-state index contributed by atoms with van der Waals surface area (Å²) >= 11 is 0. The summed E-state index contributed by atoms with van der Waals surface area (Å²) in [6, 6.07) is 0. The second kappa shape index (κ2) is 5.64. The van der Waals surface area contributed by atoms with Crippen molar-refractivity contribution in [2.45, 2.75) is 45.4 Å². The first-order chi connectivity index (χ1) is 6.20. The van der Waals surface area contributed by atoms with E-state index in [1.807, 2.05) is 0 Å². The van der Waals surface area contributed by atoms with E-state index in [0.29, 0.717) is 0 Å². The van der Waals surface area contributed by atoms with Crippen molar-refractivity contribution in [3.63, 3.8) is 0 Å². The van der Waals surface area contributed by atoms with Gasteiger partial charge >= 0.3 is 0 Å². The third-order valence-electron chi connectivity index (χ3n) is 3.39. The maximum atomic E-state index is 2.44. The van der Waals surface area contributed by atoms with E-state index in [-0.39, 0.29) is 0 Å². The van der Waals surface area contributed by atoms with Crippen molar-refractivity contribution >= 4 is 0 Å². The van der Waals surface area contributed by atoms with Gasteiger partial charge in [-0.3, -0.25) is 0 Å². The van der Waals surface area contributed by atoms with Crippen LogP contribution in [0.3, 0.4) is 0 Å². The molecule has 1 rings (SSSR count). The van der Waals surface area contributed by atoms with Gasteiger partial charge in [-0.15, -0.1) is 0 Å². The fourth-order valence-corrected chi connectivity index (χ4v) is 2.49. The highest BCUT2D eigenvalue weighted by molar-refractivity contribution is 4.71. The second-order valence-electron chi connectivity index (χ2n) is 4.99. The van der Waals surface area contributed by atoms with Crippen LogP contribution in [0.25, 0.3) is 0 Å². The minimum atomic E-state index is 0.947. The van der Waals surface area contributed by atoms with Crippen LogP contribution < -0.4 is 0 Å². The highest BCUT2D eigenvalue weighted by Gasteiger charge is 2.18. The molecule has 0 spiro atoms. The minimum Gasteiger partial charge on any atom is -0.309 e. The molecule has 0 amide bonds. The van der Waals surface area contributed by atoms with Gasteiger partial charge in [0, 0.05) is 6.54 Å². The maximum Gasteiger partial charge on any atom is 0.000610 e. The summed E-state index contributed by atoms with van der Waals surface area (Å²) in [5.74, 6) is 1.90. The predicted molar refractivity (Wildman–Crippen MR) is 58.9 cm³/mol. The second-order valence-corrected chi connectivity index (χ2v) is 4.99. The van der Waals surface area contributed by atoms with Crippen LogP contribution in [-0.4, -0.2) is 25.5 Å². The largest absolute Gasteiger partial charge is 0.309 e. The van der Waals surface area contributed by atoms with Gasteiger partial charge in [-0.05, 0) is 32.4 Å². The molecule has 0 heterocycles. The Balaban J connectivity index is 2.37. The van der Waals surface area contributed by atoms with Crippen LogP contribution in [0.5, 0.6) is 0 Å². The lowest BCUT2D eigenvalue weighted by Gasteiger charge is -2.28. The first kappa shape index (κ1) is 11.0. The highest BCUT2D eigenvalue weighted by Crippen LogP contribution is 2.27. The van der Waals surface area contributed by atoms with Gasteiger partial charge in [-0.25, -0.2) is 0 Å². The zero-order chi connectivity index (χ0) is 9.68. The Morgan fingerprint density at radius 3 is 2.23 bits per heavy atom. The molecule has 0 aromatic carbocycles. The summed E-state index contributed by atoms with van der Waals surface area (Å²) in [6.07, 6.45) is 8.78. The molecule has 0 radical (unpaired) electrons. The Kier molecular flexibility index (Phi) is 4.79. The van der Waals surface area contributed by atoms with Gasteiger partial charge in [0.2, 0.25) is 0 Å². The summed E-state index contributed by atoms with van der Waals surface area (Å²) in [5.41, 5.74) is 0. The van der Waals surface area contributed by atoms with Crippen molar-refractivity contribution in [3.05, 3.63) is 0 Å². The summed E-state index contributed by atoms with van der Waals surface area (Å²) in [4.78, 5) is 2.35. The quantitative estimate of drug-likeness (QED) is 0.635. The van der Waals surface area contributed by atoms with Gasteiger partial charge in [0.25, 0.3) is 0 Å². The van der Waals surface area contributed by atoms with E-state index >= 15 is 0 Å². The maximum absolute atomic E-state index is 2.44. The number of hydrogen-bond acceptors (Lipinski definition) is 1. The zero-order valence-electron chi connectivity index (χ0n) is 9.55. The van der Waals surface area contributed by atoms with Crippen molar-refractivity contribution in [1.82, 2.24) is 4.90 Å². The average molecular weight is 183 g/mol. The molecule has 1 fully saturated rings. The van der Waals surface area contributed by atoms with Gasteiger partial charge in [0.05, 0.1) is 0 Å². The first-order valence-corrected chi connectivity index (χ1v) is 5.85. The molecule has 1 heteroatoms. The molecule has 1 saturated carbocycles. The van der Waals surface area contributed by atoms with E-state index in [0.717, 1.165) is 11.8 Å². The van der Waals surface area contributed by atoms with Crippen LogP contribution >= 0.6 is 0 Å². The van der Waals surface area contributed by atoms with E-state index in [4.69, 9.17) is 0 Å². The predicted octanol–water partition coefficient (Wildman–Crippen LogP) is 3.15. The molecule has 1 nitrogen and oxygen atoms in total. The summed E-state index contributed by atoms with van der Waals surface area (Å²) < 4.78 is 0. The third-order valence-corrected chi connectivity index (χ3v) is 3.39. The molecule has 13 heavy (non-hydrogen) atoms. The fraction of sp³-hybridized carbons (Fsp3) is 1.00. The summed E-state index contributed by atoms with van der Waals surface area (Å²) in [7, 11) is 4.40. The Bertz CT molecular complexity index is 131. The van der Waals surface area contributed by atoms with Crippen LogP contribution in [0.1, 0.15) is 45.4 Å². The van der Waals surface area contributed by atoms with Gasteiger partial charge in [0.1, 0.15) is 0 Å². The number of hydrogen-bond donors (Lipinski definition) is 0. The van der Waals surface area contributed by atoms with Crippen LogP contribution in [0, 0.1) is 11.8 Å². The normalized spacial score (nSPS) is 31.4. The van der Waals surface area contributed by atoms with Crippen LogP contribution in [0.4, 0.5) is 0 Å². The lowest BCUT2D eigenvalue weighted by molar-refractivity contribution is 0.216. The molecule has 1 aliphatic carbocycles. The minimum absolute atomic E-state index is 0.947. The Morgan fingerprint density at radius 1 is 1.00 bits per heavy atom. The lowest BCUT2D eigenvalue weighted by Crippen LogP contribution is -2.27. The van der Waals surface area contributed by atoms with Gasteiger partial charge < -0.3 is 4.90 Å². The Morgan fingerprint density at radius 2 is 1.62 bits per heavy atom. The molecule has 1 aliphatic rings. The summed E-state index contributed by atoms with van der Waals surface area (Å²) in [6.45, 7) is 3.74. The molecule has 78 valence electrons. The topological polar surface area (TPSA) is 3.24 Å². The number of nitrogens with zero attached hydrogens (tertiary/aromatic N) is 1. The van der Waals surface area contributed by atoms with E-state index in [1.54, 1.807) is 0 Å².